The van der Waals surface area contributed by atoms with Crippen LogP contribution in [-0.2, 0) is 6.67 Å². The zero-order valence-corrected chi connectivity index (χ0v) is 22.3. The molecule has 1 aliphatic rings. The Bertz CT molecular complexity index is 1200. The van der Waals surface area contributed by atoms with E-state index >= 15 is 0 Å². The van der Waals surface area contributed by atoms with Crippen molar-refractivity contribution in [3.05, 3.63) is 58.0 Å². The molecular formula is C28H32ClFN2O2S. The number of alkyl halides is 1. The van der Waals surface area contributed by atoms with E-state index < -0.39 is 6.67 Å². The summed E-state index contributed by atoms with van der Waals surface area (Å²) in [5, 5.41) is 0.872. The van der Waals surface area contributed by atoms with Gasteiger partial charge in [0.15, 0.2) is 5.13 Å². The van der Waals surface area contributed by atoms with Crippen LogP contribution >= 0.6 is 23.7 Å². The Morgan fingerprint density at radius 3 is 2.54 bits per heavy atom. The van der Waals surface area contributed by atoms with Gasteiger partial charge in [-0.15, -0.1) is 30.2 Å². The van der Waals surface area contributed by atoms with Gasteiger partial charge in [-0.1, -0.05) is 43.0 Å². The normalized spacial score (nSPS) is 13.5. The molecule has 0 amide bonds. The maximum Gasteiger partial charge on any atom is 0.187 e. The van der Waals surface area contributed by atoms with E-state index in [1.165, 1.54) is 12.8 Å². The van der Waals surface area contributed by atoms with Crippen LogP contribution in [0.2, 0.25) is 0 Å². The third kappa shape index (κ3) is 5.91. The average Bonchev–Trinajstić information content (AvgIpc) is 3.60. The number of benzene rings is 2. The largest absolute Gasteiger partial charge is 0.496 e. The van der Waals surface area contributed by atoms with E-state index in [1.807, 2.05) is 31.2 Å². The zero-order chi connectivity index (χ0) is 24.2. The van der Waals surface area contributed by atoms with Crippen LogP contribution in [0.25, 0.3) is 11.3 Å². The van der Waals surface area contributed by atoms with Gasteiger partial charge in [0.2, 0.25) is 0 Å². The highest BCUT2D eigenvalue weighted by Crippen LogP contribution is 2.45. The monoisotopic (exact) mass is 514 g/mol. The minimum atomic E-state index is -0.476. The quantitative estimate of drug-likeness (QED) is 0.265. The lowest BCUT2D eigenvalue weighted by molar-refractivity contribution is 0.393. The van der Waals surface area contributed by atoms with E-state index in [1.54, 1.807) is 25.6 Å². The van der Waals surface area contributed by atoms with Crippen molar-refractivity contribution in [2.24, 2.45) is 5.92 Å². The standard InChI is InChI=1S/C28H31FN2O2S.ClH/c1-6-12-31(24(15-20-10-11-20)22-9-7-8-21(14-22)17-29)28-30-27(19(3)34-28)23-13-18(2)25(32-4)16-26(23)33-5;/h1,7-9,13-14,16,20,24H,10-12,15,17H2,2-5H3;1H/t24-;/m0./s1. The van der Waals surface area contributed by atoms with Gasteiger partial charge < -0.3 is 14.4 Å². The van der Waals surface area contributed by atoms with Crippen molar-refractivity contribution in [2.45, 2.75) is 45.8 Å². The van der Waals surface area contributed by atoms with Crippen LogP contribution < -0.4 is 14.4 Å². The summed E-state index contributed by atoms with van der Waals surface area (Å²) in [6.45, 7) is 4.04. The third-order valence-corrected chi connectivity index (χ3v) is 7.39. The number of hydrogen-bond donors (Lipinski definition) is 0. The van der Waals surface area contributed by atoms with Crippen molar-refractivity contribution in [1.82, 2.24) is 4.98 Å². The van der Waals surface area contributed by atoms with Crippen LogP contribution in [0.1, 0.15) is 46.9 Å². The molecule has 4 nitrogen and oxygen atoms in total. The third-order valence-electron chi connectivity index (χ3n) is 6.38. The Balaban J connectivity index is 0.00000342. The van der Waals surface area contributed by atoms with Crippen LogP contribution in [-0.4, -0.2) is 25.7 Å². The molecule has 0 spiro atoms. The van der Waals surface area contributed by atoms with Gasteiger partial charge >= 0.3 is 0 Å². The molecule has 0 N–H and O–H groups in total. The number of rotatable bonds is 10. The number of ether oxygens (including phenoxy) is 2. The fourth-order valence-electron chi connectivity index (χ4n) is 4.40. The van der Waals surface area contributed by atoms with Crippen molar-refractivity contribution >= 4 is 28.9 Å². The van der Waals surface area contributed by atoms with E-state index in [2.05, 4.69) is 29.9 Å². The lowest BCUT2D eigenvalue weighted by Gasteiger charge is -2.31. The minimum Gasteiger partial charge on any atom is -0.496 e. The molecule has 1 aliphatic carbocycles. The van der Waals surface area contributed by atoms with E-state index in [-0.39, 0.29) is 18.4 Å². The van der Waals surface area contributed by atoms with Crippen molar-refractivity contribution in [3.8, 4) is 35.1 Å². The molecule has 2 aromatic carbocycles. The van der Waals surface area contributed by atoms with Crippen molar-refractivity contribution in [1.29, 1.82) is 0 Å². The molecule has 1 atom stereocenters. The second kappa shape index (κ2) is 11.8. The van der Waals surface area contributed by atoms with Crippen LogP contribution in [0.15, 0.2) is 36.4 Å². The van der Waals surface area contributed by atoms with E-state index in [9.17, 15) is 4.39 Å². The predicted molar refractivity (Wildman–Crippen MR) is 145 cm³/mol. The smallest absolute Gasteiger partial charge is 0.187 e. The van der Waals surface area contributed by atoms with E-state index in [0.717, 1.165) is 50.3 Å². The molecule has 3 aromatic rings. The summed E-state index contributed by atoms with van der Waals surface area (Å²) >= 11 is 1.63. The zero-order valence-electron chi connectivity index (χ0n) is 20.6. The Kier molecular flexibility index (Phi) is 9.04. The number of methoxy groups -OCH3 is 2. The molecule has 1 fully saturated rings. The molecule has 0 bridgehead atoms. The molecule has 186 valence electrons. The van der Waals surface area contributed by atoms with Gasteiger partial charge in [-0.05, 0) is 48.9 Å². The number of aromatic nitrogens is 1. The van der Waals surface area contributed by atoms with Crippen molar-refractivity contribution in [3.63, 3.8) is 0 Å². The van der Waals surface area contributed by atoms with Gasteiger partial charge in [0.25, 0.3) is 0 Å². The molecule has 1 saturated carbocycles. The highest BCUT2D eigenvalue weighted by atomic mass is 35.5. The second-order valence-electron chi connectivity index (χ2n) is 8.83. The summed E-state index contributed by atoms with van der Waals surface area (Å²) in [4.78, 5) is 8.37. The van der Waals surface area contributed by atoms with Crippen molar-refractivity contribution in [2.75, 3.05) is 25.7 Å². The second-order valence-corrected chi connectivity index (χ2v) is 10.0. The predicted octanol–water partition coefficient (Wildman–Crippen LogP) is 7.32. The lowest BCUT2D eigenvalue weighted by Crippen LogP contribution is -2.29. The van der Waals surface area contributed by atoms with Gasteiger partial charge in [-0.3, -0.25) is 0 Å². The van der Waals surface area contributed by atoms with Gasteiger partial charge in [0, 0.05) is 16.5 Å². The Morgan fingerprint density at radius 2 is 1.91 bits per heavy atom. The summed E-state index contributed by atoms with van der Waals surface area (Å²) in [5.74, 6) is 5.00. The number of terminal acetylenes is 1. The minimum absolute atomic E-state index is 0. The fraction of sp³-hybridized carbons (Fsp3) is 0.393. The first-order chi connectivity index (χ1) is 16.5. The molecule has 0 unspecified atom stereocenters. The van der Waals surface area contributed by atoms with Gasteiger partial charge in [-0.25, -0.2) is 9.37 Å². The number of anilines is 1. The molecule has 35 heavy (non-hydrogen) atoms. The highest BCUT2D eigenvalue weighted by molar-refractivity contribution is 7.16. The fourth-order valence-corrected chi connectivity index (χ4v) is 5.38. The van der Waals surface area contributed by atoms with Crippen LogP contribution in [0.5, 0.6) is 11.5 Å². The van der Waals surface area contributed by atoms with Gasteiger partial charge in [-0.2, -0.15) is 0 Å². The van der Waals surface area contributed by atoms with Crippen LogP contribution in [0, 0.1) is 32.1 Å². The van der Waals surface area contributed by atoms with Crippen LogP contribution in [0.3, 0.4) is 0 Å². The Morgan fingerprint density at radius 1 is 1.17 bits per heavy atom. The maximum atomic E-state index is 13.4. The number of halogens is 2. The molecule has 1 heterocycles. The first-order valence-corrected chi connectivity index (χ1v) is 12.4. The average molecular weight is 515 g/mol. The number of hydrogen-bond acceptors (Lipinski definition) is 5. The highest BCUT2D eigenvalue weighted by Gasteiger charge is 2.32. The molecule has 1 aromatic heterocycles. The Hall–Kier alpha value is -2.75. The summed E-state index contributed by atoms with van der Waals surface area (Å²) < 4.78 is 24.6. The summed E-state index contributed by atoms with van der Waals surface area (Å²) in [6.07, 6.45) is 9.27. The first kappa shape index (κ1) is 26.8. The number of nitrogens with zero attached hydrogens (tertiary/aromatic N) is 2. The van der Waals surface area contributed by atoms with Crippen LogP contribution in [0.4, 0.5) is 9.52 Å². The SMILES string of the molecule is C#CCN(c1nc(-c2cc(C)c(OC)cc2OC)c(C)s1)[C@@H](CC1CC1)c1cccc(CF)c1.Cl. The van der Waals surface area contributed by atoms with Gasteiger partial charge in [0.1, 0.15) is 18.2 Å². The van der Waals surface area contributed by atoms with Gasteiger partial charge in [0.05, 0.1) is 32.5 Å². The number of thiazole rings is 1. The summed E-state index contributed by atoms with van der Waals surface area (Å²) in [7, 11) is 3.31. The molecular weight excluding hydrogens is 483 g/mol. The van der Waals surface area contributed by atoms with E-state index in [0.29, 0.717) is 18.0 Å². The molecule has 4 rings (SSSR count). The first-order valence-electron chi connectivity index (χ1n) is 11.5. The molecule has 0 radical (unpaired) electrons. The summed E-state index contributed by atoms with van der Waals surface area (Å²) in [6, 6.07) is 11.8. The molecule has 7 heteroatoms. The topological polar surface area (TPSA) is 34.6 Å². The molecule has 0 aliphatic heterocycles. The number of aryl methyl sites for hydroxylation is 2. The lowest BCUT2D eigenvalue weighted by atomic mass is 9.98. The maximum absolute atomic E-state index is 13.4. The van der Waals surface area contributed by atoms with Crippen molar-refractivity contribution < 1.29 is 13.9 Å². The molecule has 0 saturated heterocycles. The van der Waals surface area contributed by atoms with E-state index in [4.69, 9.17) is 20.9 Å². The Labute approximate surface area is 217 Å². The summed E-state index contributed by atoms with van der Waals surface area (Å²) in [5.41, 5.74) is 4.60.